The number of aliphatic carboxylic acids is 2. The molecule has 0 amide bonds. The van der Waals surface area contributed by atoms with E-state index in [4.69, 9.17) is 10.2 Å². The number of hydrogen-bond donors (Lipinski definition) is 2. The first-order chi connectivity index (χ1) is 4.54. The second-order valence-electron chi connectivity index (χ2n) is 1.80. The van der Waals surface area contributed by atoms with Gasteiger partial charge in [0.05, 0.1) is 0 Å². The quantitative estimate of drug-likeness (QED) is 0.583. The van der Waals surface area contributed by atoms with Crippen LogP contribution in [0, 0.1) is 0 Å². The fourth-order valence-corrected chi connectivity index (χ4v) is 0.365. The molecule has 0 aliphatic carbocycles. The summed E-state index contributed by atoms with van der Waals surface area (Å²) in [5, 5.41) is 16.3. The van der Waals surface area contributed by atoms with Crippen molar-refractivity contribution in [2.24, 2.45) is 0 Å². The van der Waals surface area contributed by atoms with Crippen LogP contribution in [-0.4, -0.2) is 22.2 Å². The molecule has 0 spiro atoms. The molecular weight excluding hydrogens is 315 g/mol. The molecule has 0 radical (unpaired) electrons. The number of rotatable bonds is 4. The van der Waals surface area contributed by atoms with Gasteiger partial charge < -0.3 is 10.2 Å². The van der Waals surface area contributed by atoms with Crippen LogP contribution in [-0.2, 0) is 35.4 Å². The summed E-state index contributed by atoms with van der Waals surface area (Å²) >= 11 is 0. The number of carboxylic acids is 2. The van der Waals surface area contributed by atoms with Crippen LogP contribution >= 0.6 is 0 Å². The van der Waals surface area contributed by atoms with Crippen LogP contribution in [0.15, 0.2) is 12.2 Å². The molecule has 0 rings (SSSR count). The molecule has 0 aliphatic rings. The van der Waals surface area contributed by atoms with Gasteiger partial charge in [-0.05, 0) is 6.42 Å². The van der Waals surface area contributed by atoms with Gasteiger partial charge >= 0.3 is 11.9 Å². The number of carboxylic acid groups (broad SMARTS) is 2. The van der Waals surface area contributed by atoms with Gasteiger partial charge in [0.2, 0.25) is 0 Å². The van der Waals surface area contributed by atoms with Crippen molar-refractivity contribution in [3.05, 3.63) is 12.2 Å². The average Bonchev–Trinajstić information content (AvgIpc) is 1.82. The summed E-state index contributed by atoms with van der Waals surface area (Å²) in [5.41, 5.74) is -0.0672. The Morgan fingerprint density at radius 2 is 1.64 bits per heavy atom. The zero-order valence-corrected chi connectivity index (χ0v) is 9.42. The molecule has 5 heteroatoms. The predicted octanol–water partition coefficient (Wildman–Crippen LogP) is 0.490. The van der Waals surface area contributed by atoms with E-state index in [2.05, 4.69) is 6.58 Å². The van der Waals surface area contributed by atoms with Gasteiger partial charge in [0.15, 0.2) is 0 Å². The minimum atomic E-state index is -1.14. The summed E-state index contributed by atoms with van der Waals surface area (Å²) < 4.78 is 0. The molecule has 0 aromatic rings. The topological polar surface area (TPSA) is 74.6 Å². The third-order valence-corrected chi connectivity index (χ3v) is 0.943. The maximum absolute atomic E-state index is 10.0. The Labute approximate surface area is 82.7 Å². The molecule has 4 nitrogen and oxygen atoms in total. The first kappa shape index (κ1) is 13.2. The van der Waals surface area contributed by atoms with Gasteiger partial charge in [0, 0.05) is 37.8 Å². The molecule has 60 valence electrons. The van der Waals surface area contributed by atoms with E-state index in [1.807, 2.05) is 0 Å². The molecule has 0 bridgehead atoms. The summed E-state index contributed by atoms with van der Waals surface area (Å²) in [7, 11) is 0. The molecule has 2 N–H and O–H groups in total. The van der Waals surface area contributed by atoms with Gasteiger partial charge in [0.1, 0.15) is 0 Å². The van der Waals surface area contributed by atoms with E-state index >= 15 is 0 Å². The summed E-state index contributed by atoms with van der Waals surface area (Å²) in [6.45, 7) is 3.16. The molecule has 0 atom stereocenters. The third-order valence-electron chi connectivity index (χ3n) is 0.943. The van der Waals surface area contributed by atoms with Gasteiger partial charge in [-0.1, -0.05) is 6.58 Å². The minimum absolute atomic E-state index is 0. The summed E-state index contributed by atoms with van der Waals surface area (Å²) in [4.78, 5) is 19.9. The average molecular weight is 323 g/mol. The molecule has 0 aromatic carbocycles. The van der Waals surface area contributed by atoms with E-state index in [9.17, 15) is 9.59 Å². The molecule has 0 fully saturated rings. The molecule has 11 heavy (non-hydrogen) atoms. The molecule has 0 aromatic heterocycles. The normalized spacial score (nSPS) is 8.00. The predicted molar refractivity (Wildman–Crippen MR) is 33.6 cm³/mol. The summed E-state index contributed by atoms with van der Waals surface area (Å²) in [6, 6.07) is 0. The van der Waals surface area contributed by atoms with E-state index in [-0.39, 0.29) is 44.3 Å². The van der Waals surface area contributed by atoms with Crippen LogP contribution in [0.2, 0.25) is 0 Å². The molecule has 0 saturated carbocycles. The van der Waals surface area contributed by atoms with Crippen LogP contribution in [0.4, 0.5) is 0 Å². The molecule has 0 aliphatic heterocycles. The summed E-state index contributed by atoms with van der Waals surface area (Å²) in [5.74, 6) is -2.15. The van der Waals surface area contributed by atoms with E-state index in [0.717, 1.165) is 0 Å². The molecule has 0 saturated heterocycles. The van der Waals surface area contributed by atoms with Crippen molar-refractivity contribution in [1.29, 1.82) is 0 Å². The standard InChI is InChI=1S/C6H8O4.Hf/c1-4(6(9)10)2-3-5(7)8;/h1-3H2,(H,7,8)(H,9,10);. The van der Waals surface area contributed by atoms with Crippen LogP contribution in [0.25, 0.3) is 0 Å². The van der Waals surface area contributed by atoms with Gasteiger partial charge in [0.25, 0.3) is 0 Å². The fourth-order valence-electron chi connectivity index (χ4n) is 0.365. The molecule has 0 unspecified atom stereocenters. The van der Waals surface area contributed by atoms with Gasteiger partial charge in [-0.2, -0.15) is 0 Å². The Kier molecular flexibility index (Phi) is 7.51. The first-order valence-electron chi connectivity index (χ1n) is 2.67. The van der Waals surface area contributed by atoms with Crippen molar-refractivity contribution >= 4 is 11.9 Å². The zero-order chi connectivity index (χ0) is 8.15. The maximum Gasteiger partial charge on any atom is 0.330 e. The monoisotopic (exact) mass is 324 g/mol. The number of hydrogen-bond acceptors (Lipinski definition) is 2. The van der Waals surface area contributed by atoms with Gasteiger partial charge in [-0.25, -0.2) is 4.79 Å². The van der Waals surface area contributed by atoms with Crippen LogP contribution in [0.1, 0.15) is 12.8 Å². The first-order valence-corrected chi connectivity index (χ1v) is 2.67. The van der Waals surface area contributed by atoms with E-state index in [1.165, 1.54) is 0 Å². The molecular formula is C6H8HfO4. The zero-order valence-electron chi connectivity index (χ0n) is 5.83. The van der Waals surface area contributed by atoms with Crippen molar-refractivity contribution < 1.29 is 45.6 Å². The largest absolute Gasteiger partial charge is 0.481 e. The van der Waals surface area contributed by atoms with Crippen LogP contribution < -0.4 is 0 Å². The summed E-state index contributed by atoms with van der Waals surface area (Å²) in [6.07, 6.45) is -0.171. The van der Waals surface area contributed by atoms with Gasteiger partial charge in [-0.3, -0.25) is 4.79 Å². The van der Waals surface area contributed by atoms with Crippen LogP contribution in [0.5, 0.6) is 0 Å². The third kappa shape index (κ3) is 7.45. The van der Waals surface area contributed by atoms with Crippen molar-refractivity contribution in [2.45, 2.75) is 12.8 Å². The Hall–Kier alpha value is -0.450. The second kappa shape index (κ2) is 6.27. The Morgan fingerprint density at radius 1 is 1.18 bits per heavy atom. The Bertz CT molecular complexity index is 175. The van der Waals surface area contributed by atoms with Crippen molar-refractivity contribution in [2.75, 3.05) is 0 Å². The van der Waals surface area contributed by atoms with E-state index in [1.54, 1.807) is 0 Å². The fraction of sp³-hybridized carbons (Fsp3) is 0.333. The van der Waals surface area contributed by atoms with Crippen molar-refractivity contribution in [1.82, 2.24) is 0 Å². The van der Waals surface area contributed by atoms with Crippen LogP contribution in [0.3, 0.4) is 0 Å². The van der Waals surface area contributed by atoms with E-state index < -0.39 is 11.9 Å². The minimum Gasteiger partial charge on any atom is -0.481 e. The van der Waals surface area contributed by atoms with E-state index in [0.29, 0.717) is 0 Å². The SMILES string of the molecule is C=C(CCC(=O)O)C(=O)O.[Hf]. The Balaban J connectivity index is 0. The van der Waals surface area contributed by atoms with Crippen molar-refractivity contribution in [3.63, 3.8) is 0 Å². The maximum atomic E-state index is 10.0. The van der Waals surface area contributed by atoms with Crippen molar-refractivity contribution in [3.8, 4) is 0 Å². The molecule has 0 heterocycles. The second-order valence-corrected chi connectivity index (χ2v) is 1.80. The van der Waals surface area contributed by atoms with Gasteiger partial charge in [-0.15, -0.1) is 0 Å². The Morgan fingerprint density at radius 3 is 1.91 bits per heavy atom. The smallest absolute Gasteiger partial charge is 0.330 e. The number of carbonyl (C=O) groups is 2.